The van der Waals surface area contributed by atoms with Gasteiger partial charge in [-0.15, -0.1) is 11.3 Å². The fourth-order valence-electron chi connectivity index (χ4n) is 2.27. The largest absolute Gasteiger partial charge is 0.312 e. The van der Waals surface area contributed by atoms with E-state index in [1.54, 1.807) is 6.07 Å². The van der Waals surface area contributed by atoms with Gasteiger partial charge >= 0.3 is 0 Å². The summed E-state index contributed by atoms with van der Waals surface area (Å²) in [6.45, 7) is 11.7. The average Bonchev–Trinajstić information content (AvgIpc) is 2.71. The van der Waals surface area contributed by atoms with E-state index in [1.807, 2.05) is 20.8 Å². The summed E-state index contributed by atoms with van der Waals surface area (Å²) in [4.78, 5) is 1.09. The van der Waals surface area contributed by atoms with E-state index in [-0.39, 0.29) is 0 Å². The summed E-state index contributed by atoms with van der Waals surface area (Å²) in [5.74, 6) is 0. The van der Waals surface area contributed by atoms with Crippen LogP contribution in [0.2, 0.25) is 0 Å². The molecule has 0 saturated carbocycles. The van der Waals surface area contributed by atoms with Crippen molar-refractivity contribution in [3.05, 3.63) is 16.5 Å². The molecule has 21 heavy (non-hydrogen) atoms. The second-order valence-corrected chi connectivity index (χ2v) is 9.13. The SMILES string of the molecule is CCCNCc1sc(S(=O)(=O)NC(C)(C)CCC)cc1C. The van der Waals surface area contributed by atoms with Gasteiger partial charge in [0.15, 0.2) is 0 Å². The third-order valence-corrected chi connectivity index (χ3v) is 6.67. The van der Waals surface area contributed by atoms with Gasteiger partial charge < -0.3 is 5.32 Å². The Kier molecular flexibility index (Phi) is 6.84. The summed E-state index contributed by atoms with van der Waals surface area (Å²) < 4.78 is 28.2. The van der Waals surface area contributed by atoms with Gasteiger partial charge in [-0.1, -0.05) is 20.3 Å². The highest BCUT2D eigenvalue weighted by Gasteiger charge is 2.27. The Hall–Kier alpha value is -0.430. The molecule has 1 rings (SSSR count). The van der Waals surface area contributed by atoms with E-state index >= 15 is 0 Å². The van der Waals surface area contributed by atoms with Crippen molar-refractivity contribution in [1.82, 2.24) is 10.0 Å². The van der Waals surface area contributed by atoms with Gasteiger partial charge in [-0.2, -0.15) is 0 Å². The normalized spacial score (nSPS) is 12.8. The van der Waals surface area contributed by atoms with Crippen molar-refractivity contribution in [2.24, 2.45) is 0 Å². The minimum Gasteiger partial charge on any atom is -0.312 e. The van der Waals surface area contributed by atoms with Crippen LogP contribution >= 0.6 is 11.3 Å². The topological polar surface area (TPSA) is 58.2 Å². The van der Waals surface area contributed by atoms with Gasteiger partial charge in [0.1, 0.15) is 4.21 Å². The summed E-state index contributed by atoms with van der Waals surface area (Å²) in [5.41, 5.74) is 0.629. The molecule has 0 radical (unpaired) electrons. The Morgan fingerprint density at radius 1 is 1.24 bits per heavy atom. The lowest BCUT2D eigenvalue weighted by Crippen LogP contribution is -2.42. The molecule has 0 aromatic carbocycles. The Morgan fingerprint density at radius 2 is 1.90 bits per heavy atom. The Balaban J connectivity index is 2.87. The molecule has 0 aliphatic heterocycles. The molecular weight excluding hydrogens is 304 g/mol. The maximum Gasteiger partial charge on any atom is 0.250 e. The summed E-state index contributed by atoms with van der Waals surface area (Å²) in [6.07, 6.45) is 2.84. The van der Waals surface area contributed by atoms with E-state index in [1.165, 1.54) is 11.3 Å². The molecule has 0 amide bonds. The Bertz CT molecular complexity index is 548. The van der Waals surface area contributed by atoms with E-state index in [9.17, 15) is 8.42 Å². The van der Waals surface area contributed by atoms with Crippen molar-refractivity contribution >= 4 is 21.4 Å². The van der Waals surface area contributed by atoms with Gasteiger partial charge in [-0.05, 0) is 51.8 Å². The molecule has 0 spiro atoms. The molecule has 0 aliphatic rings. The monoisotopic (exact) mass is 332 g/mol. The van der Waals surface area contributed by atoms with Crippen LogP contribution in [0.1, 0.15) is 57.4 Å². The lowest BCUT2D eigenvalue weighted by molar-refractivity contribution is 0.418. The number of hydrogen-bond acceptors (Lipinski definition) is 4. The molecule has 0 unspecified atom stereocenters. The third kappa shape index (κ3) is 5.70. The van der Waals surface area contributed by atoms with Crippen molar-refractivity contribution < 1.29 is 8.42 Å². The minimum atomic E-state index is -3.43. The van der Waals surface area contributed by atoms with Crippen molar-refractivity contribution in [2.45, 2.75) is 70.2 Å². The van der Waals surface area contributed by atoms with E-state index in [2.05, 4.69) is 23.9 Å². The maximum atomic E-state index is 12.5. The highest BCUT2D eigenvalue weighted by atomic mass is 32.2. The number of thiophene rings is 1. The first kappa shape index (κ1) is 18.6. The lowest BCUT2D eigenvalue weighted by Gasteiger charge is -2.24. The number of hydrogen-bond donors (Lipinski definition) is 2. The molecular formula is C15H28N2O2S2. The van der Waals surface area contributed by atoms with E-state index in [0.29, 0.717) is 4.21 Å². The van der Waals surface area contributed by atoms with Crippen molar-refractivity contribution in [3.63, 3.8) is 0 Å². The fraction of sp³-hybridized carbons (Fsp3) is 0.733. The number of aryl methyl sites for hydroxylation is 1. The van der Waals surface area contributed by atoms with Crippen LogP contribution in [0.5, 0.6) is 0 Å². The third-order valence-electron chi connectivity index (χ3n) is 3.26. The highest BCUT2D eigenvalue weighted by Crippen LogP contribution is 2.27. The van der Waals surface area contributed by atoms with Crippen LogP contribution < -0.4 is 10.0 Å². The molecule has 6 heteroatoms. The van der Waals surface area contributed by atoms with Gasteiger partial charge in [0, 0.05) is 17.0 Å². The molecule has 0 atom stereocenters. The second-order valence-electron chi connectivity index (χ2n) is 6.09. The van der Waals surface area contributed by atoms with Gasteiger partial charge in [0.2, 0.25) is 0 Å². The minimum absolute atomic E-state index is 0.411. The zero-order valence-electron chi connectivity index (χ0n) is 13.7. The number of rotatable bonds is 9. The first-order chi connectivity index (χ1) is 9.72. The average molecular weight is 333 g/mol. The fourth-order valence-corrected chi connectivity index (χ4v) is 5.27. The van der Waals surface area contributed by atoms with Gasteiger partial charge in [0.25, 0.3) is 10.0 Å². The van der Waals surface area contributed by atoms with Gasteiger partial charge in [-0.3, -0.25) is 0 Å². The molecule has 1 heterocycles. The van der Waals surface area contributed by atoms with E-state index < -0.39 is 15.6 Å². The van der Waals surface area contributed by atoms with Crippen molar-refractivity contribution in [1.29, 1.82) is 0 Å². The van der Waals surface area contributed by atoms with Crippen LogP contribution in [0.25, 0.3) is 0 Å². The first-order valence-corrected chi connectivity index (χ1v) is 9.86. The van der Waals surface area contributed by atoms with Crippen LogP contribution in [0.3, 0.4) is 0 Å². The predicted molar refractivity (Wildman–Crippen MR) is 90.4 cm³/mol. The van der Waals surface area contributed by atoms with E-state index in [0.717, 1.165) is 42.8 Å². The van der Waals surface area contributed by atoms with Crippen LogP contribution in [0, 0.1) is 6.92 Å². The van der Waals surface area contributed by atoms with E-state index in [4.69, 9.17) is 0 Å². The van der Waals surface area contributed by atoms with Crippen molar-refractivity contribution in [2.75, 3.05) is 6.54 Å². The molecule has 0 bridgehead atoms. The highest BCUT2D eigenvalue weighted by molar-refractivity contribution is 7.91. The Morgan fingerprint density at radius 3 is 2.48 bits per heavy atom. The van der Waals surface area contributed by atoms with Crippen LogP contribution in [0.4, 0.5) is 0 Å². The zero-order chi connectivity index (χ0) is 16.1. The Labute approximate surface area is 133 Å². The second kappa shape index (κ2) is 7.72. The standard InChI is InChI=1S/C15H28N2O2S2/c1-6-8-15(4,5)17-21(18,19)14-10-12(3)13(20-14)11-16-9-7-2/h10,16-17H,6-9,11H2,1-5H3. The summed E-state index contributed by atoms with van der Waals surface area (Å²) in [5, 5.41) is 3.32. The summed E-state index contributed by atoms with van der Waals surface area (Å²) in [6, 6.07) is 1.78. The number of nitrogens with one attached hydrogen (secondary N) is 2. The molecule has 2 N–H and O–H groups in total. The molecule has 1 aromatic heterocycles. The van der Waals surface area contributed by atoms with Crippen LogP contribution in [0.15, 0.2) is 10.3 Å². The maximum absolute atomic E-state index is 12.5. The predicted octanol–water partition coefficient (Wildman–Crippen LogP) is 3.41. The molecule has 0 saturated heterocycles. The van der Waals surface area contributed by atoms with Gasteiger partial charge in [-0.25, -0.2) is 13.1 Å². The smallest absolute Gasteiger partial charge is 0.250 e. The zero-order valence-corrected chi connectivity index (χ0v) is 15.4. The molecule has 0 fully saturated rings. The molecule has 122 valence electrons. The summed E-state index contributed by atoms with van der Waals surface area (Å²) in [7, 11) is -3.43. The molecule has 1 aromatic rings. The van der Waals surface area contributed by atoms with Crippen molar-refractivity contribution in [3.8, 4) is 0 Å². The molecule has 4 nitrogen and oxygen atoms in total. The number of sulfonamides is 1. The lowest BCUT2D eigenvalue weighted by atomic mass is 10.0. The first-order valence-electron chi connectivity index (χ1n) is 7.56. The van der Waals surface area contributed by atoms with Crippen LogP contribution in [-0.4, -0.2) is 20.5 Å². The van der Waals surface area contributed by atoms with Gasteiger partial charge in [0.05, 0.1) is 0 Å². The molecule has 0 aliphatic carbocycles. The quantitative estimate of drug-likeness (QED) is 0.681. The van der Waals surface area contributed by atoms with Crippen LogP contribution in [-0.2, 0) is 16.6 Å². The summed E-state index contributed by atoms with van der Waals surface area (Å²) >= 11 is 1.36.